The molecule has 3 fully saturated rings. The molecular weight excluding hydrogens is 372 g/mol. The summed E-state index contributed by atoms with van der Waals surface area (Å²) >= 11 is 0. The van der Waals surface area contributed by atoms with Gasteiger partial charge in [0.25, 0.3) is 0 Å². The summed E-state index contributed by atoms with van der Waals surface area (Å²) in [5.41, 5.74) is -1.20. The topological polar surface area (TPSA) is 101 Å². The van der Waals surface area contributed by atoms with Gasteiger partial charge in [0.2, 0.25) is 5.78 Å². The summed E-state index contributed by atoms with van der Waals surface area (Å²) in [7, 11) is 0. The van der Waals surface area contributed by atoms with Crippen molar-refractivity contribution >= 4 is 17.5 Å². The molecule has 7 atom stereocenters. The maximum absolute atomic E-state index is 12.9. The highest BCUT2D eigenvalue weighted by molar-refractivity contribution is 5.92. The number of ketones is 2. The lowest BCUT2D eigenvalue weighted by molar-refractivity contribution is -0.175. The van der Waals surface area contributed by atoms with Gasteiger partial charge in [-0.3, -0.25) is 14.4 Å². The van der Waals surface area contributed by atoms with Gasteiger partial charge in [-0.25, -0.2) is 0 Å². The molecule has 0 heterocycles. The Bertz CT molecular complexity index is 786. The van der Waals surface area contributed by atoms with Crippen LogP contribution in [0.2, 0.25) is 0 Å². The van der Waals surface area contributed by atoms with Crippen molar-refractivity contribution in [3.8, 4) is 0 Å². The van der Waals surface area contributed by atoms with Gasteiger partial charge >= 0.3 is 5.97 Å². The van der Waals surface area contributed by atoms with E-state index in [-0.39, 0.29) is 29.0 Å². The van der Waals surface area contributed by atoms with Crippen LogP contribution in [0.3, 0.4) is 0 Å². The molecule has 6 heteroatoms. The number of Topliss-reactive ketones (excluding diaryl/α,β-unsaturated/α-hetero) is 1. The molecule has 0 spiro atoms. The van der Waals surface area contributed by atoms with E-state index in [2.05, 4.69) is 6.92 Å². The van der Waals surface area contributed by atoms with Crippen LogP contribution in [-0.4, -0.2) is 46.1 Å². The number of carbonyl (C=O) groups excluding carboxylic acids is 3. The lowest BCUT2D eigenvalue weighted by Gasteiger charge is -2.60. The molecule has 2 N–H and O–H groups in total. The number of hydrogen-bond acceptors (Lipinski definition) is 6. The summed E-state index contributed by atoms with van der Waals surface area (Å²) in [4.78, 5) is 36.0. The van der Waals surface area contributed by atoms with E-state index in [9.17, 15) is 24.6 Å². The molecule has 0 aromatic rings. The van der Waals surface area contributed by atoms with Crippen molar-refractivity contribution in [3.63, 3.8) is 0 Å². The number of fused-ring (bicyclic) bond motifs is 5. The molecule has 0 bridgehead atoms. The summed E-state index contributed by atoms with van der Waals surface area (Å²) in [5, 5.41) is 22.6. The maximum Gasteiger partial charge on any atom is 0.303 e. The quantitative estimate of drug-likeness (QED) is 0.701. The fourth-order valence-electron chi connectivity index (χ4n) is 7.29. The predicted octanol–water partition coefficient (Wildman–Crippen LogP) is 2.35. The minimum absolute atomic E-state index is 0.000322. The zero-order valence-electron chi connectivity index (χ0n) is 17.6. The van der Waals surface area contributed by atoms with Crippen LogP contribution in [0, 0.1) is 28.6 Å². The van der Waals surface area contributed by atoms with Gasteiger partial charge in [0, 0.05) is 18.8 Å². The number of ether oxygens (including phenoxy) is 1. The molecule has 4 aliphatic carbocycles. The highest BCUT2D eigenvalue weighted by Gasteiger charge is 2.67. The first-order valence-electron chi connectivity index (χ1n) is 10.8. The highest BCUT2D eigenvalue weighted by atomic mass is 16.5. The van der Waals surface area contributed by atoms with Crippen LogP contribution in [-0.2, 0) is 19.1 Å². The van der Waals surface area contributed by atoms with Gasteiger partial charge in [0.05, 0.1) is 6.10 Å². The van der Waals surface area contributed by atoms with Crippen LogP contribution >= 0.6 is 0 Å². The van der Waals surface area contributed by atoms with E-state index < -0.39 is 35.5 Å². The third-order valence-electron chi connectivity index (χ3n) is 9.00. The summed E-state index contributed by atoms with van der Waals surface area (Å²) in [5.74, 6) is -0.550. The van der Waals surface area contributed by atoms with Gasteiger partial charge in [0.15, 0.2) is 12.4 Å². The van der Waals surface area contributed by atoms with Crippen molar-refractivity contribution in [2.24, 2.45) is 28.6 Å². The average molecular weight is 405 g/mol. The first kappa shape index (κ1) is 20.7. The van der Waals surface area contributed by atoms with E-state index >= 15 is 0 Å². The molecular formula is C23H32O6. The molecule has 0 radical (unpaired) electrons. The predicted molar refractivity (Wildman–Crippen MR) is 105 cm³/mol. The first-order chi connectivity index (χ1) is 13.5. The third-order valence-corrected chi connectivity index (χ3v) is 9.00. The van der Waals surface area contributed by atoms with E-state index in [0.29, 0.717) is 32.1 Å². The molecule has 0 aromatic carbocycles. The van der Waals surface area contributed by atoms with Crippen molar-refractivity contribution in [2.75, 3.05) is 6.61 Å². The van der Waals surface area contributed by atoms with E-state index in [1.807, 2.05) is 6.92 Å². The Morgan fingerprint density at radius 3 is 2.55 bits per heavy atom. The zero-order valence-corrected chi connectivity index (χ0v) is 17.6. The van der Waals surface area contributed by atoms with Crippen molar-refractivity contribution in [1.82, 2.24) is 0 Å². The van der Waals surface area contributed by atoms with E-state index in [1.54, 1.807) is 6.08 Å². The second kappa shape index (κ2) is 6.74. The van der Waals surface area contributed by atoms with Gasteiger partial charge in [-0.1, -0.05) is 19.4 Å². The Kier molecular flexibility index (Phi) is 4.82. The molecule has 160 valence electrons. The van der Waals surface area contributed by atoms with Crippen LogP contribution < -0.4 is 0 Å². The normalized spacial score (nSPS) is 46.2. The van der Waals surface area contributed by atoms with Gasteiger partial charge in [-0.15, -0.1) is 0 Å². The Morgan fingerprint density at radius 2 is 1.86 bits per heavy atom. The van der Waals surface area contributed by atoms with E-state index in [4.69, 9.17) is 4.74 Å². The molecule has 3 saturated carbocycles. The molecule has 0 saturated heterocycles. The molecule has 0 aromatic heterocycles. The molecule has 4 aliphatic rings. The number of carbonyl (C=O) groups is 3. The number of aliphatic hydroxyl groups excluding tert-OH is 1. The fraction of sp³-hybridized carbons (Fsp3) is 0.783. The minimum Gasteiger partial charge on any atom is -0.458 e. The summed E-state index contributed by atoms with van der Waals surface area (Å²) in [6.45, 7) is 5.04. The SMILES string of the molecule is CC(=O)OCC(=O)[C@@]1(O)CC[C@H]2[C@@H]3[C@H](O)CC4=CC(=O)CC[C@]4(C)[C@H]3CC[C@@]21C. The Labute approximate surface area is 171 Å². The average Bonchev–Trinajstić information content (AvgIpc) is 2.93. The minimum atomic E-state index is -1.53. The molecule has 29 heavy (non-hydrogen) atoms. The summed E-state index contributed by atoms with van der Waals surface area (Å²) < 4.78 is 4.89. The smallest absolute Gasteiger partial charge is 0.303 e. The largest absolute Gasteiger partial charge is 0.458 e. The molecule has 6 nitrogen and oxygen atoms in total. The maximum atomic E-state index is 12.9. The molecule has 0 amide bonds. The van der Waals surface area contributed by atoms with Crippen molar-refractivity contribution in [1.29, 1.82) is 0 Å². The van der Waals surface area contributed by atoms with Gasteiger partial charge in [0.1, 0.15) is 5.60 Å². The third kappa shape index (κ3) is 2.86. The first-order valence-corrected chi connectivity index (χ1v) is 10.8. The lowest BCUT2D eigenvalue weighted by Crippen LogP contribution is -2.60. The van der Waals surface area contributed by atoms with Crippen LogP contribution in [0.4, 0.5) is 0 Å². The monoisotopic (exact) mass is 404 g/mol. The van der Waals surface area contributed by atoms with E-state index in [1.165, 1.54) is 6.92 Å². The van der Waals surface area contributed by atoms with Crippen LogP contribution in [0.5, 0.6) is 0 Å². The lowest BCUT2D eigenvalue weighted by atomic mass is 9.45. The van der Waals surface area contributed by atoms with Crippen LogP contribution in [0.15, 0.2) is 11.6 Å². The zero-order chi connectivity index (χ0) is 21.2. The number of aliphatic hydroxyl groups is 2. The molecule has 0 unspecified atom stereocenters. The Balaban J connectivity index is 1.65. The second-order valence-electron chi connectivity index (χ2n) is 10.2. The van der Waals surface area contributed by atoms with Crippen molar-refractivity contribution in [2.45, 2.75) is 77.4 Å². The Hall–Kier alpha value is -1.53. The van der Waals surface area contributed by atoms with Crippen molar-refractivity contribution in [3.05, 3.63) is 11.6 Å². The van der Waals surface area contributed by atoms with E-state index in [0.717, 1.165) is 18.4 Å². The fourth-order valence-corrected chi connectivity index (χ4v) is 7.29. The molecule has 4 rings (SSSR count). The van der Waals surface area contributed by atoms with Crippen molar-refractivity contribution < 1.29 is 29.3 Å². The number of hydrogen-bond donors (Lipinski definition) is 2. The molecule has 0 aliphatic heterocycles. The van der Waals surface area contributed by atoms with Crippen LogP contribution in [0.25, 0.3) is 0 Å². The Morgan fingerprint density at radius 1 is 1.17 bits per heavy atom. The number of esters is 1. The summed E-state index contributed by atoms with van der Waals surface area (Å²) in [6.07, 6.45) is 5.54. The highest BCUT2D eigenvalue weighted by Crippen LogP contribution is 2.67. The van der Waals surface area contributed by atoms with Gasteiger partial charge < -0.3 is 14.9 Å². The second-order valence-corrected chi connectivity index (χ2v) is 10.2. The van der Waals surface area contributed by atoms with Gasteiger partial charge in [-0.05, 0) is 67.8 Å². The summed E-state index contributed by atoms with van der Waals surface area (Å²) in [6, 6.07) is 0. The van der Waals surface area contributed by atoms with Gasteiger partial charge in [-0.2, -0.15) is 0 Å². The standard InChI is InChI=1S/C23H32O6/c1-13(24)29-12-19(27)23(28)9-6-17-20-16(5-8-22(17,23)3)21(2)7-4-15(25)10-14(21)11-18(20)26/h10,16-18,20,26,28H,4-9,11-12H2,1-3H3/t16-,17-,18+,20+,21-,22-,23-/m0/s1. The number of rotatable bonds is 3. The van der Waals surface area contributed by atoms with Crippen LogP contribution in [0.1, 0.15) is 65.7 Å².